The molecule has 3 heterocycles. The van der Waals surface area contributed by atoms with Crippen molar-refractivity contribution in [3.63, 3.8) is 0 Å². The van der Waals surface area contributed by atoms with Crippen LogP contribution >= 0.6 is 0 Å². The lowest BCUT2D eigenvalue weighted by Gasteiger charge is -2.31. The maximum Gasteiger partial charge on any atom is 0.261 e. The van der Waals surface area contributed by atoms with E-state index in [0.29, 0.717) is 23.0 Å². The Morgan fingerprint density at radius 3 is 2.73 bits per heavy atom. The van der Waals surface area contributed by atoms with E-state index in [9.17, 15) is 9.59 Å². The van der Waals surface area contributed by atoms with Crippen LogP contribution in [0.15, 0.2) is 47.5 Å². The predicted molar refractivity (Wildman–Crippen MR) is 100 cm³/mol. The van der Waals surface area contributed by atoms with Crippen LogP contribution < -0.4 is 5.56 Å². The molecule has 0 atom stereocenters. The van der Waals surface area contributed by atoms with Gasteiger partial charge >= 0.3 is 0 Å². The second kappa shape index (κ2) is 6.16. The zero-order valence-corrected chi connectivity index (χ0v) is 15.0. The molecule has 5 heteroatoms. The molecule has 0 saturated heterocycles. The van der Waals surface area contributed by atoms with Crippen molar-refractivity contribution < 1.29 is 4.79 Å². The van der Waals surface area contributed by atoms with E-state index in [1.807, 2.05) is 16.7 Å². The fourth-order valence-electron chi connectivity index (χ4n) is 3.56. The Kier molecular flexibility index (Phi) is 3.94. The Hall–Kier alpha value is -2.82. The van der Waals surface area contributed by atoms with Crippen LogP contribution in [0.5, 0.6) is 0 Å². The minimum Gasteiger partial charge on any atom is -0.296 e. The largest absolute Gasteiger partial charge is 0.296 e. The summed E-state index contributed by atoms with van der Waals surface area (Å²) in [5.74, 6) is 0.877. The zero-order valence-electron chi connectivity index (χ0n) is 15.0. The summed E-state index contributed by atoms with van der Waals surface area (Å²) in [6.07, 6.45) is 5.34. The number of carbonyl (C=O) groups is 1. The van der Waals surface area contributed by atoms with Crippen LogP contribution in [0.3, 0.4) is 0 Å². The number of Topliss-reactive ketones (excluding diaryl/α,β-unsaturated/α-hetero) is 1. The molecule has 1 aliphatic heterocycles. The minimum atomic E-state index is 0.0183. The molecule has 132 valence electrons. The van der Waals surface area contributed by atoms with Gasteiger partial charge in [0.1, 0.15) is 5.82 Å². The zero-order chi connectivity index (χ0) is 18.3. The fraction of sp³-hybridized carbons (Fsp3) is 0.333. The Labute approximate surface area is 151 Å². The van der Waals surface area contributed by atoms with Crippen molar-refractivity contribution in [2.24, 2.45) is 5.41 Å². The van der Waals surface area contributed by atoms with E-state index in [2.05, 4.69) is 18.8 Å². The average Bonchev–Trinajstić information content (AvgIpc) is 2.63. The van der Waals surface area contributed by atoms with E-state index in [-0.39, 0.29) is 23.2 Å². The number of pyridine rings is 1. The van der Waals surface area contributed by atoms with Crippen molar-refractivity contribution in [3.8, 4) is 0 Å². The van der Waals surface area contributed by atoms with Crippen LogP contribution in [0.4, 0.5) is 0 Å². The van der Waals surface area contributed by atoms with Gasteiger partial charge in [0.05, 0.1) is 10.9 Å². The molecular formula is C21H21N3O2. The summed E-state index contributed by atoms with van der Waals surface area (Å²) in [4.78, 5) is 33.9. The summed E-state index contributed by atoms with van der Waals surface area (Å²) in [7, 11) is 0. The third kappa shape index (κ3) is 3.05. The number of aryl methyl sites for hydroxylation is 1. The highest BCUT2D eigenvalue weighted by molar-refractivity contribution is 5.97. The molecule has 0 unspecified atom stereocenters. The van der Waals surface area contributed by atoms with Crippen molar-refractivity contribution in [1.82, 2.24) is 14.5 Å². The van der Waals surface area contributed by atoms with Gasteiger partial charge in [-0.15, -0.1) is 0 Å². The summed E-state index contributed by atoms with van der Waals surface area (Å²) in [6, 6.07) is 8.95. The fourth-order valence-corrected chi connectivity index (χ4v) is 3.56. The molecule has 3 aromatic rings. The van der Waals surface area contributed by atoms with Gasteiger partial charge in [0.25, 0.3) is 5.56 Å². The highest BCUT2D eigenvalue weighted by Gasteiger charge is 2.27. The number of nitrogens with zero attached hydrogens (tertiary/aromatic N) is 3. The maximum absolute atomic E-state index is 12.9. The summed E-state index contributed by atoms with van der Waals surface area (Å²) in [6.45, 7) is 5.06. The second-order valence-corrected chi connectivity index (χ2v) is 7.77. The first-order valence-electron chi connectivity index (χ1n) is 8.89. The molecule has 0 spiro atoms. The standard InChI is InChI=1S/C21H21N3O2/c1-21(2)8-5-19-23-17-11-14(3-4-16(17)20(26)24(19)13-21)12-18(25)15-6-9-22-10-7-15/h3-4,6-7,9-11H,5,8,12-13H2,1-2H3. The van der Waals surface area contributed by atoms with Gasteiger partial charge in [0, 0.05) is 37.3 Å². The molecule has 1 aromatic carbocycles. The lowest BCUT2D eigenvalue weighted by Crippen LogP contribution is -2.36. The SMILES string of the molecule is CC1(C)CCc2nc3cc(CC(=O)c4ccncc4)ccc3c(=O)n2C1. The molecule has 26 heavy (non-hydrogen) atoms. The summed E-state index contributed by atoms with van der Waals surface area (Å²) in [5, 5.41) is 0.617. The van der Waals surface area contributed by atoms with E-state index in [1.54, 1.807) is 30.6 Å². The van der Waals surface area contributed by atoms with Crippen LogP contribution in [-0.2, 0) is 19.4 Å². The molecule has 0 radical (unpaired) electrons. The van der Waals surface area contributed by atoms with Gasteiger partial charge in [0.15, 0.2) is 5.78 Å². The molecule has 1 aliphatic rings. The van der Waals surface area contributed by atoms with Crippen molar-refractivity contribution in [1.29, 1.82) is 0 Å². The first-order chi connectivity index (χ1) is 12.4. The van der Waals surface area contributed by atoms with Gasteiger partial charge < -0.3 is 0 Å². The van der Waals surface area contributed by atoms with E-state index in [0.717, 1.165) is 24.2 Å². The van der Waals surface area contributed by atoms with E-state index < -0.39 is 0 Å². The molecule has 2 aromatic heterocycles. The van der Waals surface area contributed by atoms with Crippen LogP contribution in [-0.4, -0.2) is 20.3 Å². The second-order valence-electron chi connectivity index (χ2n) is 7.77. The maximum atomic E-state index is 12.9. The van der Waals surface area contributed by atoms with Gasteiger partial charge in [-0.3, -0.25) is 19.1 Å². The van der Waals surface area contributed by atoms with Gasteiger partial charge in [0.2, 0.25) is 0 Å². The number of carbonyl (C=O) groups excluding carboxylic acids is 1. The number of hydrogen-bond acceptors (Lipinski definition) is 4. The molecule has 5 nitrogen and oxygen atoms in total. The van der Waals surface area contributed by atoms with Crippen LogP contribution in [0.2, 0.25) is 0 Å². The molecule has 0 N–H and O–H groups in total. The Bertz CT molecular complexity index is 1050. The van der Waals surface area contributed by atoms with Crippen molar-refractivity contribution >= 4 is 16.7 Å². The number of benzene rings is 1. The third-order valence-electron chi connectivity index (χ3n) is 5.08. The van der Waals surface area contributed by atoms with E-state index >= 15 is 0 Å². The number of hydrogen-bond donors (Lipinski definition) is 0. The molecule has 0 saturated carbocycles. The first kappa shape index (κ1) is 16.6. The Morgan fingerprint density at radius 1 is 1.19 bits per heavy atom. The molecule has 0 amide bonds. The quantitative estimate of drug-likeness (QED) is 0.683. The summed E-state index contributed by atoms with van der Waals surface area (Å²) in [5.41, 5.74) is 2.32. The van der Waals surface area contributed by atoms with Gasteiger partial charge in [-0.05, 0) is 41.7 Å². The molecule has 0 bridgehead atoms. The molecule has 0 fully saturated rings. The molecule has 4 rings (SSSR count). The van der Waals surface area contributed by atoms with Crippen molar-refractivity contribution in [2.75, 3.05) is 0 Å². The lowest BCUT2D eigenvalue weighted by molar-refractivity contribution is 0.0993. The highest BCUT2D eigenvalue weighted by atomic mass is 16.1. The van der Waals surface area contributed by atoms with Gasteiger partial charge in [-0.2, -0.15) is 0 Å². The van der Waals surface area contributed by atoms with Crippen LogP contribution in [0, 0.1) is 5.41 Å². The topological polar surface area (TPSA) is 64.8 Å². The number of ketones is 1. The van der Waals surface area contributed by atoms with E-state index in [4.69, 9.17) is 4.98 Å². The normalized spacial score (nSPS) is 15.6. The number of fused-ring (bicyclic) bond motifs is 2. The van der Waals surface area contributed by atoms with Crippen molar-refractivity contribution in [3.05, 3.63) is 70.0 Å². The average molecular weight is 347 g/mol. The van der Waals surface area contributed by atoms with Gasteiger partial charge in [-0.25, -0.2) is 4.98 Å². The Balaban J connectivity index is 1.70. The lowest BCUT2D eigenvalue weighted by atomic mass is 9.85. The highest BCUT2D eigenvalue weighted by Crippen LogP contribution is 2.29. The number of aromatic nitrogens is 3. The van der Waals surface area contributed by atoms with Crippen molar-refractivity contribution in [2.45, 2.75) is 39.7 Å². The number of rotatable bonds is 3. The van der Waals surface area contributed by atoms with Gasteiger partial charge in [-0.1, -0.05) is 19.9 Å². The Morgan fingerprint density at radius 2 is 1.96 bits per heavy atom. The third-order valence-corrected chi connectivity index (χ3v) is 5.08. The molecule has 0 aliphatic carbocycles. The molecular weight excluding hydrogens is 326 g/mol. The van der Waals surface area contributed by atoms with Crippen LogP contribution in [0.1, 0.15) is 42.0 Å². The first-order valence-corrected chi connectivity index (χ1v) is 8.89. The van der Waals surface area contributed by atoms with E-state index in [1.165, 1.54) is 0 Å². The summed E-state index contributed by atoms with van der Waals surface area (Å²) < 4.78 is 1.81. The van der Waals surface area contributed by atoms with Crippen LogP contribution in [0.25, 0.3) is 10.9 Å². The predicted octanol–water partition coefficient (Wildman–Crippen LogP) is 3.19. The smallest absolute Gasteiger partial charge is 0.261 e. The minimum absolute atomic E-state index is 0.0183. The monoisotopic (exact) mass is 347 g/mol. The summed E-state index contributed by atoms with van der Waals surface area (Å²) >= 11 is 0.